The number of carbonyl (C=O) groups excluding carboxylic acids is 1. The Labute approximate surface area is 103 Å². The van der Waals surface area contributed by atoms with Gasteiger partial charge < -0.3 is 10.1 Å². The van der Waals surface area contributed by atoms with Gasteiger partial charge in [0.2, 0.25) is 0 Å². The van der Waals surface area contributed by atoms with Gasteiger partial charge in [-0.05, 0) is 26.0 Å². The van der Waals surface area contributed by atoms with Gasteiger partial charge in [-0.2, -0.15) is 0 Å². The van der Waals surface area contributed by atoms with Crippen LogP contribution in [-0.2, 0) is 9.53 Å². The van der Waals surface area contributed by atoms with E-state index in [9.17, 15) is 4.79 Å². The minimum atomic E-state index is -0.160. The molecule has 0 heterocycles. The van der Waals surface area contributed by atoms with Crippen molar-refractivity contribution in [3.05, 3.63) is 35.4 Å². The third-order valence-electron chi connectivity index (χ3n) is 3.09. The first-order chi connectivity index (χ1) is 8.13. The smallest absolute Gasteiger partial charge is 0.310 e. The third kappa shape index (κ3) is 3.30. The van der Waals surface area contributed by atoms with Crippen LogP contribution in [0.1, 0.15) is 30.5 Å². The van der Waals surface area contributed by atoms with E-state index in [0.717, 1.165) is 12.0 Å². The predicted molar refractivity (Wildman–Crippen MR) is 68.8 cm³/mol. The van der Waals surface area contributed by atoms with Crippen LogP contribution in [0.3, 0.4) is 0 Å². The minimum Gasteiger partial charge on any atom is -0.469 e. The van der Waals surface area contributed by atoms with Crippen LogP contribution < -0.4 is 5.32 Å². The summed E-state index contributed by atoms with van der Waals surface area (Å²) in [4.78, 5) is 11.7. The molecule has 1 aromatic rings. The van der Waals surface area contributed by atoms with Gasteiger partial charge in [-0.25, -0.2) is 0 Å². The minimum absolute atomic E-state index is 0.00745. The Morgan fingerprint density at radius 2 is 1.94 bits per heavy atom. The van der Waals surface area contributed by atoms with Gasteiger partial charge in [0.05, 0.1) is 13.0 Å². The van der Waals surface area contributed by atoms with Crippen molar-refractivity contribution in [3.8, 4) is 0 Å². The Bertz CT molecular complexity index is 359. The molecular weight excluding hydrogens is 214 g/mol. The number of aryl methyl sites for hydroxylation is 1. The van der Waals surface area contributed by atoms with Crippen molar-refractivity contribution in [2.24, 2.45) is 5.92 Å². The molecule has 0 aliphatic carbocycles. The lowest BCUT2D eigenvalue weighted by molar-refractivity contribution is -0.146. The van der Waals surface area contributed by atoms with E-state index in [0.29, 0.717) is 0 Å². The molecule has 0 fully saturated rings. The number of esters is 1. The van der Waals surface area contributed by atoms with Gasteiger partial charge in [-0.3, -0.25) is 4.79 Å². The highest BCUT2D eigenvalue weighted by Crippen LogP contribution is 2.25. The number of hydrogen-bond donors (Lipinski definition) is 1. The molecule has 3 heteroatoms. The highest BCUT2D eigenvalue weighted by molar-refractivity contribution is 5.73. The molecule has 0 radical (unpaired) electrons. The Balaban J connectivity index is 2.96. The standard InChI is InChI=1S/C14H21NO2/c1-5-12(14(16)17-4)13(15-3)11-8-6-10(2)7-9-11/h6-9,12-13,15H,5H2,1-4H3. The van der Waals surface area contributed by atoms with Crippen molar-refractivity contribution >= 4 is 5.97 Å². The molecule has 17 heavy (non-hydrogen) atoms. The fourth-order valence-electron chi connectivity index (χ4n) is 2.06. The monoisotopic (exact) mass is 235 g/mol. The maximum atomic E-state index is 11.7. The zero-order valence-corrected chi connectivity index (χ0v) is 11.0. The lowest BCUT2D eigenvalue weighted by Gasteiger charge is -2.24. The van der Waals surface area contributed by atoms with Crippen molar-refractivity contribution < 1.29 is 9.53 Å². The van der Waals surface area contributed by atoms with E-state index in [2.05, 4.69) is 36.5 Å². The molecule has 94 valence electrons. The van der Waals surface area contributed by atoms with E-state index in [1.54, 1.807) is 0 Å². The molecular formula is C14H21NO2. The average Bonchev–Trinajstić information content (AvgIpc) is 2.36. The molecule has 0 aliphatic heterocycles. The summed E-state index contributed by atoms with van der Waals surface area (Å²) >= 11 is 0. The van der Waals surface area contributed by atoms with Crippen LogP contribution in [0.25, 0.3) is 0 Å². The summed E-state index contributed by atoms with van der Waals surface area (Å²) < 4.78 is 4.85. The summed E-state index contributed by atoms with van der Waals surface area (Å²) in [5, 5.41) is 3.20. The molecule has 1 rings (SSSR count). The maximum Gasteiger partial charge on any atom is 0.310 e. The van der Waals surface area contributed by atoms with Crippen LogP contribution in [-0.4, -0.2) is 20.1 Å². The van der Waals surface area contributed by atoms with Crippen LogP contribution in [0, 0.1) is 12.8 Å². The molecule has 2 unspecified atom stereocenters. The maximum absolute atomic E-state index is 11.7. The summed E-state index contributed by atoms with van der Waals surface area (Å²) in [6, 6.07) is 8.24. The largest absolute Gasteiger partial charge is 0.469 e. The Kier molecular flexibility index (Phi) is 5.16. The van der Waals surface area contributed by atoms with Crippen molar-refractivity contribution in [3.63, 3.8) is 0 Å². The molecule has 0 spiro atoms. The molecule has 0 bridgehead atoms. The lowest BCUT2D eigenvalue weighted by Crippen LogP contribution is -2.31. The highest BCUT2D eigenvalue weighted by atomic mass is 16.5. The first-order valence-electron chi connectivity index (χ1n) is 5.95. The summed E-state index contributed by atoms with van der Waals surface area (Å²) in [7, 11) is 3.31. The number of methoxy groups -OCH3 is 1. The Morgan fingerprint density at radius 1 is 1.35 bits per heavy atom. The van der Waals surface area contributed by atoms with Crippen molar-refractivity contribution in [2.75, 3.05) is 14.2 Å². The first-order valence-corrected chi connectivity index (χ1v) is 5.95. The van der Waals surface area contributed by atoms with Crippen LogP contribution >= 0.6 is 0 Å². The van der Waals surface area contributed by atoms with E-state index in [4.69, 9.17) is 4.74 Å². The zero-order valence-electron chi connectivity index (χ0n) is 11.0. The molecule has 0 saturated heterocycles. The fraction of sp³-hybridized carbons (Fsp3) is 0.500. The quantitative estimate of drug-likeness (QED) is 0.797. The molecule has 1 aromatic carbocycles. The number of carbonyl (C=O) groups is 1. The van der Waals surface area contributed by atoms with Crippen molar-refractivity contribution in [2.45, 2.75) is 26.3 Å². The Morgan fingerprint density at radius 3 is 2.35 bits per heavy atom. The van der Waals surface area contributed by atoms with E-state index < -0.39 is 0 Å². The SMILES string of the molecule is CCC(C(=O)OC)C(NC)c1ccc(C)cc1. The summed E-state index contributed by atoms with van der Waals surface area (Å²) in [6.07, 6.45) is 0.756. The van der Waals surface area contributed by atoms with Gasteiger partial charge >= 0.3 is 5.97 Å². The van der Waals surface area contributed by atoms with Crippen molar-refractivity contribution in [1.29, 1.82) is 0 Å². The van der Waals surface area contributed by atoms with E-state index in [1.807, 2.05) is 14.0 Å². The number of nitrogens with one attached hydrogen (secondary N) is 1. The van der Waals surface area contributed by atoms with Gasteiger partial charge in [0.1, 0.15) is 0 Å². The first kappa shape index (κ1) is 13.7. The van der Waals surface area contributed by atoms with Gasteiger partial charge in [-0.1, -0.05) is 36.8 Å². The lowest BCUT2D eigenvalue weighted by atomic mass is 9.90. The third-order valence-corrected chi connectivity index (χ3v) is 3.09. The number of hydrogen-bond acceptors (Lipinski definition) is 3. The summed E-state index contributed by atoms with van der Waals surface area (Å²) in [6.45, 7) is 4.05. The van der Waals surface area contributed by atoms with Gasteiger partial charge in [0.15, 0.2) is 0 Å². The highest BCUT2D eigenvalue weighted by Gasteiger charge is 2.27. The van der Waals surface area contributed by atoms with Gasteiger partial charge in [0.25, 0.3) is 0 Å². The van der Waals surface area contributed by atoms with Gasteiger partial charge in [0, 0.05) is 6.04 Å². The van der Waals surface area contributed by atoms with Crippen LogP contribution in [0.4, 0.5) is 0 Å². The molecule has 0 saturated carbocycles. The summed E-state index contributed by atoms with van der Waals surface area (Å²) in [5.41, 5.74) is 2.34. The summed E-state index contributed by atoms with van der Waals surface area (Å²) in [5.74, 6) is -0.305. The predicted octanol–water partition coefficient (Wildman–Crippen LogP) is 2.45. The number of ether oxygens (including phenoxy) is 1. The normalized spacial score (nSPS) is 14.1. The van der Waals surface area contributed by atoms with Crippen LogP contribution in [0.15, 0.2) is 24.3 Å². The molecule has 2 atom stereocenters. The van der Waals surface area contributed by atoms with Crippen molar-refractivity contribution in [1.82, 2.24) is 5.32 Å². The van der Waals surface area contributed by atoms with Gasteiger partial charge in [-0.15, -0.1) is 0 Å². The van der Waals surface area contributed by atoms with Crippen LogP contribution in [0.5, 0.6) is 0 Å². The van der Waals surface area contributed by atoms with E-state index in [-0.39, 0.29) is 17.9 Å². The molecule has 0 amide bonds. The average molecular weight is 235 g/mol. The topological polar surface area (TPSA) is 38.3 Å². The zero-order chi connectivity index (χ0) is 12.8. The molecule has 0 aliphatic rings. The van der Waals surface area contributed by atoms with Crippen LogP contribution in [0.2, 0.25) is 0 Å². The van der Waals surface area contributed by atoms with E-state index >= 15 is 0 Å². The molecule has 0 aromatic heterocycles. The van der Waals surface area contributed by atoms with E-state index in [1.165, 1.54) is 12.7 Å². The number of rotatable bonds is 5. The number of benzene rings is 1. The Hall–Kier alpha value is -1.35. The second-order valence-corrected chi connectivity index (χ2v) is 4.21. The second kappa shape index (κ2) is 6.40. The molecule has 1 N–H and O–H groups in total. The molecule has 3 nitrogen and oxygen atoms in total. The fourth-order valence-corrected chi connectivity index (χ4v) is 2.06. The second-order valence-electron chi connectivity index (χ2n) is 4.21.